The van der Waals surface area contributed by atoms with Crippen LogP contribution in [0.25, 0.3) is 0 Å². The third-order valence-corrected chi connectivity index (χ3v) is 3.02. The van der Waals surface area contributed by atoms with Gasteiger partial charge in [0.05, 0.1) is 0 Å². The second-order valence-electron chi connectivity index (χ2n) is 5.01. The topological polar surface area (TPSA) is 47.0 Å². The van der Waals surface area contributed by atoms with Gasteiger partial charge in [0, 0.05) is 29.7 Å². The Morgan fingerprint density at radius 3 is 2.33 bits per heavy atom. The van der Waals surface area contributed by atoms with Crippen molar-refractivity contribution in [2.75, 3.05) is 12.4 Å². The van der Waals surface area contributed by atoms with Crippen LogP contribution in [0.2, 0.25) is 0 Å². The zero-order valence-electron chi connectivity index (χ0n) is 11.0. The minimum Gasteiger partial charge on any atom is -0.430 e. The third-order valence-electron chi connectivity index (χ3n) is 2.43. The molecule has 0 spiro atoms. The summed E-state index contributed by atoms with van der Waals surface area (Å²) in [6, 6.07) is 7.73. The molecule has 0 atom stereocenters. The van der Waals surface area contributed by atoms with Crippen LogP contribution in [0, 0.1) is 0 Å². The van der Waals surface area contributed by atoms with Gasteiger partial charge in [-0.15, -0.1) is 0 Å². The van der Waals surface area contributed by atoms with Crippen molar-refractivity contribution >= 4 is 17.2 Å². The summed E-state index contributed by atoms with van der Waals surface area (Å²) < 4.78 is 9.98. The highest BCUT2D eigenvalue weighted by atomic mass is 32.1. The van der Waals surface area contributed by atoms with E-state index >= 15 is 0 Å². The fourth-order valence-corrected chi connectivity index (χ4v) is 2.09. The van der Waals surface area contributed by atoms with Gasteiger partial charge >= 0.3 is 0 Å². The van der Waals surface area contributed by atoms with Gasteiger partial charge in [0.25, 0.3) is 5.19 Å². The summed E-state index contributed by atoms with van der Waals surface area (Å²) in [6.45, 7) is 6.25. The lowest BCUT2D eigenvalue weighted by molar-refractivity contribution is 0.468. The van der Waals surface area contributed by atoms with Crippen molar-refractivity contribution in [3.8, 4) is 10.9 Å². The van der Waals surface area contributed by atoms with Crippen molar-refractivity contribution in [1.29, 1.82) is 0 Å². The van der Waals surface area contributed by atoms with E-state index in [1.807, 2.05) is 31.3 Å². The van der Waals surface area contributed by atoms with Crippen LogP contribution in [0.15, 0.2) is 24.3 Å². The molecule has 96 valence electrons. The van der Waals surface area contributed by atoms with E-state index in [-0.39, 0.29) is 5.41 Å². The first kappa shape index (κ1) is 12.8. The van der Waals surface area contributed by atoms with Gasteiger partial charge in [0.1, 0.15) is 5.75 Å². The van der Waals surface area contributed by atoms with Crippen molar-refractivity contribution in [3.05, 3.63) is 30.1 Å². The van der Waals surface area contributed by atoms with Crippen molar-refractivity contribution < 1.29 is 4.74 Å². The van der Waals surface area contributed by atoms with Crippen molar-refractivity contribution in [2.24, 2.45) is 0 Å². The van der Waals surface area contributed by atoms with Crippen LogP contribution in [-0.2, 0) is 5.41 Å². The molecule has 2 aromatic rings. The van der Waals surface area contributed by atoms with Crippen LogP contribution in [0.1, 0.15) is 26.6 Å². The monoisotopic (exact) mass is 263 g/mol. The normalized spacial score (nSPS) is 11.3. The second kappa shape index (κ2) is 4.94. The van der Waals surface area contributed by atoms with E-state index in [2.05, 4.69) is 35.4 Å². The molecule has 0 unspecified atom stereocenters. The van der Waals surface area contributed by atoms with Crippen molar-refractivity contribution in [3.63, 3.8) is 0 Å². The zero-order chi connectivity index (χ0) is 13.2. The van der Waals surface area contributed by atoms with Crippen LogP contribution >= 0.6 is 11.5 Å². The maximum atomic E-state index is 5.67. The molecule has 1 N–H and O–H groups in total. The molecule has 5 heteroatoms. The summed E-state index contributed by atoms with van der Waals surface area (Å²) in [5.74, 6) is 1.58. The molecule has 0 fully saturated rings. The van der Waals surface area contributed by atoms with Crippen LogP contribution in [0.5, 0.6) is 10.9 Å². The van der Waals surface area contributed by atoms with Crippen LogP contribution in [-0.4, -0.2) is 16.4 Å². The number of aromatic nitrogens is 2. The minimum absolute atomic E-state index is 0.0475. The Bertz CT molecular complexity index is 514. The Kier molecular flexibility index (Phi) is 3.52. The highest BCUT2D eigenvalue weighted by Crippen LogP contribution is 2.28. The summed E-state index contributed by atoms with van der Waals surface area (Å²) in [5, 5.41) is 3.64. The van der Waals surface area contributed by atoms with E-state index in [0.29, 0.717) is 5.19 Å². The number of nitrogens with zero attached hydrogens (tertiary/aromatic N) is 2. The number of nitrogens with one attached hydrogen (secondary N) is 1. The first-order valence-electron chi connectivity index (χ1n) is 5.79. The second-order valence-corrected chi connectivity index (χ2v) is 5.72. The molecule has 1 heterocycles. The fraction of sp³-hybridized carbons (Fsp3) is 0.385. The standard InChI is InChI=1S/C13H17N3OS/c1-13(2,3)11-15-12(18-16-11)17-10-7-5-9(14-4)6-8-10/h5-8,14H,1-4H3. The molecule has 0 amide bonds. The first-order valence-corrected chi connectivity index (χ1v) is 6.56. The van der Waals surface area contributed by atoms with E-state index < -0.39 is 0 Å². The largest absolute Gasteiger partial charge is 0.430 e. The molecular formula is C13H17N3OS. The molecule has 2 rings (SSSR count). The van der Waals surface area contributed by atoms with E-state index in [0.717, 1.165) is 17.3 Å². The smallest absolute Gasteiger partial charge is 0.298 e. The van der Waals surface area contributed by atoms with Crippen LogP contribution in [0.3, 0.4) is 0 Å². The quantitative estimate of drug-likeness (QED) is 0.917. The Labute approximate surface area is 111 Å². The average molecular weight is 263 g/mol. The molecule has 18 heavy (non-hydrogen) atoms. The van der Waals surface area contributed by atoms with Gasteiger partial charge in [-0.2, -0.15) is 9.36 Å². The van der Waals surface area contributed by atoms with E-state index in [9.17, 15) is 0 Å². The number of benzene rings is 1. The summed E-state index contributed by atoms with van der Waals surface area (Å²) in [6.07, 6.45) is 0. The summed E-state index contributed by atoms with van der Waals surface area (Å²) in [4.78, 5) is 4.39. The fourth-order valence-electron chi connectivity index (χ4n) is 1.35. The molecule has 0 radical (unpaired) electrons. The molecule has 0 aliphatic rings. The highest BCUT2D eigenvalue weighted by Gasteiger charge is 2.20. The van der Waals surface area contributed by atoms with Crippen molar-refractivity contribution in [1.82, 2.24) is 9.36 Å². The molecule has 1 aromatic carbocycles. The predicted molar refractivity (Wildman–Crippen MR) is 74.7 cm³/mol. The highest BCUT2D eigenvalue weighted by molar-refractivity contribution is 7.07. The number of rotatable bonds is 3. The van der Waals surface area contributed by atoms with E-state index in [1.54, 1.807) is 0 Å². The van der Waals surface area contributed by atoms with Gasteiger partial charge in [0.15, 0.2) is 5.82 Å². The van der Waals surface area contributed by atoms with Crippen molar-refractivity contribution in [2.45, 2.75) is 26.2 Å². The Morgan fingerprint density at radius 2 is 1.83 bits per heavy atom. The van der Waals surface area contributed by atoms with Gasteiger partial charge in [-0.1, -0.05) is 20.8 Å². The van der Waals surface area contributed by atoms with Gasteiger partial charge in [-0.05, 0) is 24.3 Å². The molecule has 0 aliphatic carbocycles. The maximum absolute atomic E-state index is 5.67. The molecule has 0 bridgehead atoms. The lowest BCUT2D eigenvalue weighted by Gasteiger charge is -2.12. The summed E-state index contributed by atoms with van der Waals surface area (Å²) in [7, 11) is 1.89. The number of hydrogen-bond acceptors (Lipinski definition) is 5. The molecule has 0 saturated carbocycles. The van der Waals surface area contributed by atoms with E-state index in [1.165, 1.54) is 11.5 Å². The summed E-state index contributed by atoms with van der Waals surface area (Å²) in [5.41, 5.74) is 1.00. The Hall–Kier alpha value is -1.62. The number of anilines is 1. The zero-order valence-corrected chi connectivity index (χ0v) is 11.8. The van der Waals surface area contributed by atoms with E-state index in [4.69, 9.17) is 4.74 Å². The number of ether oxygens (including phenoxy) is 1. The SMILES string of the molecule is CNc1ccc(Oc2nc(C(C)(C)C)ns2)cc1. The lowest BCUT2D eigenvalue weighted by atomic mass is 9.96. The average Bonchev–Trinajstić information content (AvgIpc) is 2.78. The lowest BCUT2D eigenvalue weighted by Crippen LogP contribution is -2.12. The van der Waals surface area contributed by atoms with Gasteiger partial charge < -0.3 is 10.1 Å². The van der Waals surface area contributed by atoms with Crippen LogP contribution < -0.4 is 10.1 Å². The summed E-state index contributed by atoms with van der Waals surface area (Å²) >= 11 is 1.28. The molecule has 4 nitrogen and oxygen atoms in total. The molecule has 0 saturated heterocycles. The van der Waals surface area contributed by atoms with Gasteiger partial charge in [0.2, 0.25) is 0 Å². The predicted octanol–water partition coefficient (Wildman–Crippen LogP) is 3.67. The Morgan fingerprint density at radius 1 is 1.17 bits per heavy atom. The van der Waals surface area contributed by atoms with Gasteiger partial charge in [-0.25, -0.2) is 0 Å². The molecule has 1 aromatic heterocycles. The first-order chi connectivity index (χ1) is 8.49. The maximum Gasteiger partial charge on any atom is 0.298 e. The minimum atomic E-state index is -0.0475. The number of hydrogen-bond donors (Lipinski definition) is 1. The van der Waals surface area contributed by atoms with Crippen LogP contribution in [0.4, 0.5) is 5.69 Å². The third kappa shape index (κ3) is 2.98. The molecular weight excluding hydrogens is 246 g/mol. The Balaban J connectivity index is 2.11. The molecule has 0 aliphatic heterocycles. The van der Waals surface area contributed by atoms with Gasteiger partial charge in [-0.3, -0.25) is 0 Å².